The second-order valence-corrected chi connectivity index (χ2v) is 6.00. The maximum atomic E-state index is 13.5. The Balaban J connectivity index is 2.34. The molecule has 0 unspecified atom stereocenters. The number of alkyl halides is 3. The van der Waals surface area contributed by atoms with Crippen molar-refractivity contribution in [1.82, 2.24) is 0 Å². The Bertz CT molecular complexity index is 831. The first-order chi connectivity index (χ1) is 10.5. The zero-order chi connectivity index (χ0) is 17.4. The first kappa shape index (κ1) is 17.1. The van der Waals surface area contributed by atoms with Crippen LogP contribution in [0.2, 0.25) is 0 Å². The van der Waals surface area contributed by atoms with Gasteiger partial charge in [-0.3, -0.25) is 4.72 Å². The summed E-state index contributed by atoms with van der Waals surface area (Å²) >= 11 is 0. The van der Waals surface area contributed by atoms with Crippen molar-refractivity contribution in [3.63, 3.8) is 0 Å². The van der Waals surface area contributed by atoms with E-state index in [1.54, 1.807) is 4.72 Å². The van der Waals surface area contributed by atoms with E-state index in [2.05, 4.69) is 0 Å². The summed E-state index contributed by atoms with van der Waals surface area (Å²) in [7, 11) is -4.64. The van der Waals surface area contributed by atoms with Gasteiger partial charge in [-0.05, 0) is 36.4 Å². The third-order valence-corrected chi connectivity index (χ3v) is 4.15. The summed E-state index contributed by atoms with van der Waals surface area (Å²) in [6.45, 7) is 0. The van der Waals surface area contributed by atoms with Crippen LogP contribution >= 0.6 is 0 Å². The van der Waals surface area contributed by atoms with Crippen LogP contribution in [-0.4, -0.2) is 8.42 Å². The van der Waals surface area contributed by atoms with E-state index < -0.39 is 44.1 Å². The molecule has 2 aromatic rings. The molecule has 0 heterocycles. The Morgan fingerprint density at radius 1 is 0.826 bits per heavy atom. The molecule has 0 aliphatic heterocycles. The van der Waals surface area contributed by atoms with Gasteiger partial charge in [-0.2, -0.15) is 13.2 Å². The minimum atomic E-state index is -4.64. The van der Waals surface area contributed by atoms with Crippen LogP contribution in [0.5, 0.6) is 0 Å². The summed E-state index contributed by atoms with van der Waals surface area (Å²) in [4.78, 5) is -1.17. The average molecular weight is 355 g/mol. The minimum absolute atomic E-state index is 0.304. The molecule has 0 radical (unpaired) electrons. The van der Waals surface area contributed by atoms with Crippen molar-refractivity contribution < 1.29 is 34.8 Å². The van der Waals surface area contributed by atoms with Crippen LogP contribution in [0.3, 0.4) is 0 Å². The standard InChI is InChI=1S/C13H7F6NO2S/c14-9-5-6-10(12(16)11(9)15)23(21,22)20-8-3-1-7(2-4-8)13(17,18)19/h1-6,20H. The molecule has 2 aromatic carbocycles. The van der Waals surface area contributed by atoms with Crippen molar-refractivity contribution >= 4 is 15.7 Å². The first-order valence-electron chi connectivity index (χ1n) is 5.86. The quantitative estimate of drug-likeness (QED) is 0.670. The Morgan fingerprint density at radius 2 is 1.39 bits per heavy atom. The van der Waals surface area contributed by atoms with Crippen LogP contribution in [0.15, 0.2) is 41.3 Å². The predicted molar refractivity (Wildman–Crippen MR) is 68.6 cm³/mol. The van der Waals surface area contributed by atoms with Crippen LogP contribution in [-0.2, 0) is 16.2 Å². The molecule has 10 heteroatoms. The van der Waals surface area contributed by atoms with Crippen LogP contribution in [0.4, 0.5) is 32.0 Å². The van der Waals surface area contributed by atoms with Gasteiger partial charge < -0.3 is 0 Å². The van der Waals surface area contributed by atoms with Gasteiger partial charge in [0.05, 0.1) is 5.56 Å². The highest BCUT2D eigenvalue weighted by Crippen LogP contribution is 2.30. The molecule has 0 aromatic heterocycles. The highest BCUT2D eigenvalue weighted by Gasteiger charge is 2.30. The van der Waals surface area contributed by atoms with E-state index in [1.165, 1.54) is 0 Å². The molecule has 0 aliphatic rings. The molecular formula is C13H7F6NO2S. The maximum Gasteiger partial charge on any atom is 0.416 e. The average Bonchev–Trinajstić information content (AvgIpc) is 2.43. The fraction of sp³-hybridized carbons (Fsp3) is 0.0769. The SMILES string of the molecule is O=S(=O)(Nc1ccc(C(F)(F)F)cc1)c1ccc(F)c(F)c1F. The van der Waals surface area contributed by atoms with Crippen LogP contribution < -0.4 is 4.72 Å². The van der Waals surface area contributed by atoms with E-state index in [4.69, 9.17) is 0 Å². The van der Waals surface area contributed by atoms with Gasteiger partial charge in [-0.1, -0.05) is 0 Å². The molecular weight excluding hydrogens is 348 g/mol. The minimum Gasteiger partial charge on any atom is -0.280 e. The number of benzene rings is 2. The molecule has 124 valence electrons. The highest BCUT2D eigenvalue weighted by molar-refractivity contribution is 7.92. The molecule has 0 amide bonds. The Labute approximate surface area is 126 Å². The van der Waals surface area contributed by atoms with Gasteiger partial charge >= 0.3 is 6.18 Å². The number of halogens is 6. The lowest BCUT2D eigenvalue weighted by molar-refractivity contribution is -0.137. The number of sulfonamides is 1. The highest BCUT2D eigenvalue weighted by atomic mass is 32.2. The van der Waals surface area contributed by atoms with Gasteiger partial charge in [-0.15, -0.1) is 0 Å². The van der Waals surface area contributed by atoms with Gasteiger partial charge in [0.1, 0.15) is 4.90 Å². The second kappa shape index (κ2) is 5.76. The van der Waals surface area contributed by atoms with Gasteiger partial charge in [0.15, 0.2) is 17.5 Å². The van der Waals surface area contributed by atoms with E-state index in [9.17, 15) is 34.8 Å². The predicted octanol–water partition coefficient (Wildman–Crippen LogP) is 3.92. The van der Waals surface area contributed by atoms with Crippen molar-refractivity contribution in [3.8, 4) is 0 Å². The number of hydrogen-bond donors (Lipinski definition) is 1. The number of hydrogen-bond acceptors (Lipinski definition) is 2. The number of nitrogens with one attached hydrogen (secondary N) is 1. The Kier molecular flexibility index (Phi) is 4.29. The van der Waals surface area contributed by atoms with Gasteiger partial charge in [0, 0.05) is 5.69 Å². The summed E-state index contributed by atoms with van der Waals surface area (Å²) in [6.07, 6.45) is -4.61. The maximum absolute atomic E-state index is 13.5. The molecule has 0 saturated carbocycles. The normalized spacial score (nSPS) is 12.3. The molecule has 0 saturated heterocycles. The number of anilines is 1. The zero-order valence-corrected chi connectivity index (χ0v) is 11.8. The summed E-state index contributed by atoms with van der Waals surface area (Å²) in [6, 6.07) is 3.75. The summed E-state index contributed by atoms with van der Waals surface area (Å²) in [5.41, 5.74) is -1.32. The largest absolute Gasteiger partial charge is 0.416 e. The molecule has 3 nitrogen and oxygen atoms in total. The van der Waals surface area contributed by atoms with Crippen molar-refractivity contribution in [2.45, 2.75) is 11.1 Å². The Morgan fingerprint density at radius 3 is 1.91 bits per heavy atom. The van der Waals surface area contributed by atoms with Crippen LogP contribution in [0.1, 0.15) is 5.56 Å². The van der Waals surface area contributed by atoms with Gasteiger partial charge in [0.25, 0.3) is 10.0 Å². The summed E-state index contributed by atoms with van der Waals surface area (Å²) in [5, 5.41) is 0. The Hall–Kier alpha value is -2.23. The van der Waals surface area contributed by atoms with E-state index in [0.29, 0.717) is 24.3 Å². The molecule has 0 fully saturated rings. The molecule has 23 heavy (non-hydrogen) atoms. The van der Waals surface area contributed by atoms with Gasteiger partial charge in [-0.25, -0.2) is 21.6 Å². The smallest absolute Gasteiger partial charge is 0.280 e. The monoisotopic (exact) mass is 355 g/mol. The van der Waals surface area contributed by atoms with Gasteiger partial charge in [0.2, 0.25) is 0 Å². The first-order valence-corrected chi connectivity index (χ1v) is 7.34. The molecule has 0 bridgehead atoms. The van der Waals surface area contributed by atoms with E-state index in [1.807, 2.05) is 0 Å². The molecule has 0 aliphatic carbocycles. The molecule has 0 atom stereocenters. The van der Waals surface area contributed by atoms with E-state index >= 15 is 0 Å². The van der Waals surface area contributed by atoms with E-state index in [0.717, 1.165) is 12.1 Å². The fourth-order valence-electron chi connectivity index (χ4n) is 1.65. The number of rotatable bonds is 3. The third kappa shape index (κ3) is 3.58. The fourth-order valence-corrected chi connectivity index (χ4v) is 2.78. The van der Waals surface area contributed by atoms with Crippen molar-refractivity contribution in [2.24, 2.45) is 0 Å². The lowest BCUT2D eigenvalue weighted by Crippen LogP contribution is -2.16. The van der Waals surface area contributed by atoms with E-state index in [-0.39, 0.29) is 5.69 Å². The molecule has 1 N–H and O–H groups in total. The zero-order valence-electron chi connectivity index (χ0n) is 11.0. The van der Waals surface area contributed by atoms with Crippen molar-refractivity contribution in [2.75, 3.05) is 4.72 Å². The summed E-state index contributed by atoms with van der Waals surface area (Å²) < 4.78 is 102. The second-order valence-electron chi connectivity index (χ2n) is 4.35. The van der Waals surface area contributed by atoms with Crippen LogP contribution in [0.25, 0.3) is 0 Å². The molecule has 0 spiro atoms. The van der Waals surface area contributed by atoms with Crippen molar-refractivity contribution in [3.05, 3.63) is 59.4 Å². The van der Waals surface area contributed by atoms with Crippen LogP contribution in [0, 0.1) is 17.5 Å². The lowest BCUT2D eigenvalue weighted by Gasteiger charge is -2.11. The molecule has 2 rings (SSSR count). The summed E-state index contributed by atoms with van der Waals surface area (Å²) in [5.74, 6) is -5.47. The third-order valence-electron chi connectivity index (χ3n) is 2.75. The van der Waals surface area contributed by atoms with Crippen molar-refractivity contribution in [1.29, 1.82) is 0 Å². The lowest BCUT2D eigenvalue weighted by atomic mass is 10.2. The topological polar surface area (TPSA) is 46.2 Å².